The molecule has 1 amide bonds. The highest BCUT2D eigenvalue weighted by Gasteiger charge is 2.15. The molecule has 0 radical (unpaired) electrons. The summed E-state index contributed by atoms with van der Waals surface area (Å²) in [5.74, 6) is 0.222. The van der Waals surface area contributed by atoms with Gasteiger partial charge in [0.1, 0.15) is 23.2 Å². The zero-order chi connectivity index (χ0) is 20.1. The normalized spacial score (nSPS) is 10.9. The maximum atomic E-state index is 12.4. The number of halogens is 1. The van der Waals surface area contributed by atoms with Gasteiger partial charge in [-0.25, -0.2) is 0 Å². The highest BCUT2D eigenvalue weighted by molar-refractivity contribution is 6.34. The van der Waals surface area contributed by atoms with Gasteiger partial charge in [-0.3, -0.25) is 14.9 Å². The third kappa shape index (κ3) is 4.26. The number of furan rings is 1. The number of hydrogen-bond donors (Lipinski definition) is 1. The van der Waals surface area contributed by atoms with Crippen molar-refractivity contribution in [3.63, 3.8) is 0 Å². The smallest absolute Gasteiger partial charge is 0.271 e. The Hall–Kier alpha value is -3.89. The van der Waals surface area contributed by atoms with Crippen LogP contribution in [0.4, 0.5) is 11.4 Å². The molecule has 0 unspecified atom stereocenters. The molecule has 3 rings (SSSR count). The fourth-order valence-electron chi connectivity index (χ4n) is 2.39. The first-order chi connectivity index (χ1) is 13.5. The number of hydrogen-bond acceptors (Lipinski definition) is 5. The van der Waals surface area contributed by atoms with Crippen LogP contribution in [-0.4, -0.2) is 10.8 Å². The maximum Gasteiger partial charge on any atom is 0.271 e. The zero-order valence-electron chi connectivity index (χ0n) is 14.3. The molecule has 0 bridgehead atoms. The highest BCUT2D eigenvalue weighted by atomic mass is 35.5. The van der Waals surface area contributed by atoms with Gasteiger partial charge in [0.2, 0.25) is 0 Å². The molecule has 0 saturated heterocycles. The number of nitrogens with zero attached hydrogens (tertiary/aromatic N) is 2. The molecule has 1 N–H and O–H groups in total. The molecule has 28 heavy (non-hydrogen) atoms. The molecule has 1 heterocycles. The number of carbonyl (C=O) groups excluding carboxylic acids is 1. The van der Waals surface area contributed by atoms with Crippen molar-refractivity contribution in [1.82, 2.24) is 0 Å². The summed E-state index contributed by atoms with van der Waals surface area (Å²) in [5.41, 5.74) is 0.608. The minimum Gasteiger partial charge on any atom is -0.457 e. The van der Waals surface area contributed by atoms with Gasteiger partial charge in [0, 0.05) is 23.8 Å². The van der Waals surface area contributed by atoms with E-state index in [2.05, 4.69) is 5.32 Å². The molecule has 0 aliphatic rings. The van der Waals surface area contributed by atoms with Crippen LogP contribution in [0.15, 0.2) is 70.7 Å². The van der Waals surface area contributed by atoms with E-state index in [1.807, 2.05) is 30.3 Å². The molecule has 0 atom stereocenters. The van der Waals surface area contributed by atoms with Gasteiger partial charge in [0.05, 0.1) is 15.6 Å². The van der Waals surface area contributed by atoms with Crippen molar-refractivity contribution in [2.24, 2.45) is 0 Å². The molecule has 0 aliphatic carbocycles. The standard InChI is InChI=1S/C20H12ClN3O4/c21-17-11-15(24(26)27)6-8-18(17)23-20(25)14(12-22)10-16-7-9-19(28-16)13-4-2-1-3-5-13/h1-11H,(H,23,25)/b14-10+. The number of anilines is 1. The number of rotatable bonds is 5. The largest absolute Gasteiger partial charge is 0.457 e. The second-order valence-corrected chi connectivity index (χ2v) is 6.02. The Labute approximate surface area is 164 Å². The SMILES string of the molecule is N#C/C(=C\c1ccc(-c2ccccc2)o1)C(=O)Nc1ccc([N+](=O)[O-])cc1Cl. The van der Waals surface area contributed by atoms with Crippen LogP contribution in [0.2, 0.25) is 5.02 Å². The Morgan fingerprint density at radius 1 is 1.18 bits per heavy atom. The van der Waals surface area contributed by atoms with Crippen molar-refractivity contribution in [2.45, 2.75) is 0 Å². The lowest BCUT2D eigenvalue weighted by molar-refractivity contribution is -0.384. The molecule has 3 aromatic rings. The van der Waals surface area contributed by atoms with Crippen molar-refractivity contribution >= 4 is 35.0 Å². The summed E-state index contributed by atoms with van der Waals surface area (Å²) >= 11 is 5.96. The van der Waals surface area contributed by atoms with Gasteiger partial charge in [-0.2, -0.15) is 5.26 Å². The van der Waals surface area contributed by atoms with Crippen LogP contribution >= 0.6 is 11.6 Å². The van der Waals surface area contributed by atoms with E-state index < -0.39 is 10.8 Å². The second kappa shape index (κ2) is 8.20. The number of nitro groups is 1. The first-order valence-electron chi connectivity index (χ1n) is 8.00. The third-order valence-electron chi connectivity index (χ3n) is 3.75. The van der Waals surface area contributed by atoms with Gasteiger partial charge in [-0.1, -0.05) is 41.9 Å². The van der Waals surface area contributed by atoms with Crippen LogP contribution in [-0.2, 0) is 4.79 Å². The number of nitrogens with one attached hydrogen (secondary N) is 1. The summed E-state index contributed by atoms with van der Waals surface area (Å²) in [5, 5.41) is 22.5. The van der Waals surface area contributed by atoms with Crippen LogP contribution < -0.4 is 5.32 Å². The molecule has 0 saturated carbocycles. The van der Waals surface area contributed by atoms with Gasteiger partial charge >= 0.3 is 0 Å². The monoisotopic (exact) mass is 393 g/mol. The predicted molar refractivity (Wildman–Crippen MR) is 104 cm³/mol. The first kappa shape index (κ1) is 18.9. The summed E-state index contributed by atoms with van der Waals surface area (Å²) in [6.45, 7) is 0. The van der Waals surface area contributed by atoms with E-state index in [0.717, 1.165) is 11.6 Å². The van der Waals surface area contributed by atoms with Crippen LogP contribution in [0.3, 0.4) is 0 Å². The van der Waals surface area contributed by atoms with Gasteiger partial charge in [0.25, 0.3) is 11.6 Å². The third-order valence-corrected chi connectivity index (χ3v) is 4.06. The van der Waals surface area contributed by atoms with E-state index in [4.69, 9.17) is 16.0 Å². The Morgan fingerprint density at radius 3 is 2.57 bits per heavy atom. The zero-order valence-corrected chi connectivity index (χ0v) is 15.0. The van der Waals surface area contributed by atoms with Gasteiger partial charge in [-0.15, -0.1) is 0 Å². The lowest BCUT2D eigenvalue weighted by atomic mass is 10.2. The van der Waals surface area contributed by atoms with Gasteiger partial charge < -0.3 is 9.73 Å². The van der Waals surface area contributed by atoms with Crippen LogP contribution in [0.1, 0.15) is 5.76 Å². The van der Waals surface area contributed by atoms with Crippen LogP contribution in [0.25, 0.3) is 17.4 Å². The number of non-ortho nitro benzene ring substituents is 1. The van der Waals surface area contributed by atoms with Crippen molar-refractivity contribution in [3.05, 3.63) is 87.1 Å². The molecular weight excluding hydrogens is 382 g/mol. The number of amides is 1. The lowest BCUT2D eigenvalue weighted by Crippen LogP contribution is -2.13. The Balaban J connectivity index is 1.80. The quantitative estimate of drug-likeness (QED) is 0.282. The minimum absolute atomic E-state index is 0.01000. The predicted octanol–water partition coefficient (Wildman–Crippen LogP) is 5.05. The van der Waals surface area contributed by atoms with Crippen LogP contribution in [0, 0.1) is 21.4 Å². The summed E-state index contributed by atoms with van der Waals surface area (Å²) < 4.78 is 5.66. The van der Waals surface area contributed by atoms with E-state index in [1.165, 1.54) is 18.2 Å². The lowest BCUT2D eigenvalue weighted by Gasteiger charge is -2.06. The molecule has 8 heteroatoms. The van der Waals surface area contributed by atoms with Gasteiger partial charge in [0.15, 0.2) is 0 Å². The summed E-state index contributed by atoms with van der Waals surface area (Å²) in [6, 6.07) is 18.2. The van der Waals surface area contributed by atoms with Gasteiger partial charge in [-0.05, 0) is 18.2 Å². The molecule has 0 aliphatic heterocycles. The summed E-state index contributed by atoms with van der Waals surface area (Å²) in [4.78, 5) is 22.5. The van der Waals surface area contributed by atoms with E-state index in [9.17, 15) is 20.2 Å². The second-order valence-electron chi connectivity index (χ2n) is 5.61. The van der Waals surface area contributed by atoms with Crippen molar-refractivity contribution in [1.29, 1.82) is 5.26 Å². The Kier molecular flexibility index (Phi) is 5.53. The van der Waals surface area contributed by atoms with Crippen LogP contribution in [0.5, 0.6) is 0 Å². The van der Waals surface area contributed by atoms with E-state index in [0.29, 0.717) is 11.5 Å². The molecule has 0 spiro atoms. The highest BCUT2D eigenvalue weighted by Crippen LogP contribution is 2.27. The maximum absolute atomic E-state index is 12.4. The minimum atomic E-state index is -0.712. The first-order valence-corrected chi connectivity index (χ1v) is 8.38. The van der Waals surface area contributed by atoms with Crippen molar-refractivity contribution in [2.75, 3.05) is 5.32 Å². The van der Waals surface area contributed by atoms with E-state index in [-0.39, 0.29) is 22.0 Å². The average molecular weight is 394 g/mol. The molecule has 138 valence electrons. The number of nitro benzene ring substituents is 1. The van der Waals surface area contributed by atoms with E-state index >= 15 is 0 Å². The molecule has 0 fully saturated rings. The fourth-order valence-corrected chi connectivity index (χ4v) is 2.61. The average Bonchev–Trinajstić information content (AvgIpc) is 3.16. The topological polar surface area (TPSA) is 109 Å². The fraction of sp³-hybridized carbons (Fsp3) is 0. The Morgan fingerprint density at radius 2 is 1.93 bits per heavy atom. The van der Waals surface area contributed by atoms with E-state index in [1.54, 1.807) is 18.2 Å². The number of benzene rings is 2. The molecule has 1 aromatic heterocycles. The van der Waals surface area contributed by atoms with Crippen molar-refractivity contribution in [3.8, 4) is 17.4 Å². The molecule has 2 aromatic carbocycles. The summed E-state index contributed by atoms with van der Waals surface area (Å²) in [6.07, 6.45) is 1.31. The van der Waals surface area contributed by atoms with Crippen molar-refractivity contribution < 1.29 is 14.1 Å². The Bertz CT molecular complexity index is 1110. The molecular formula is C20H12ClN3O4. The number of nitriles is 1. The number of carbonyl (C=O) groups is 1. The molecule has 7 nitrogen and oxygen atoms in total. The summed E-state index contributed by atoms with van der Waals surface area (Å²) in [7, 11) is 0.